The second-order valence-electron chi connectivity index (χ2n) is 4.53. The van der Waals surface area contributed by atoms with E-state index in [1.807, 2.05) is 18.7 Å². The van der Waals surface area contributed by atoms with Crippen molar-refractivity contribution in [2.24, 2.45) is 0 Å². The van der Waals surface area contributed by atoms with Crippen LogP contribution in [0.2, 0.25) is 0 Å². The quantitative estimate of drug-likeness (QED) is 0.778. The first kappa shape index (κ1) is 15.4. The van der Waals surface area contributed by atoms with E-state index in [1.54, 1.807) is 0 Å². The maximum atomic E-state index is 13.5. The van der Waals surface area contributed by atoms with Gasteiger partial charge in [-0.1, -0.05) is 13.8 Å². The molecule has 5 heteroatoms. The Labute approximate surface area is 113 Å². The second kappa shape index (κ2) is 7.09. The molecule has 4 nitrogen and oxygen atoms in total. The molecule has 0 aliphatic carbocycles. The third-order valence-corrected chi connectivity index (χ3v) is 3.09. The van der Waals surface area contributed by atoms with Crippen molar-refractivity contribution in [3.63, 3.8) is 0 Å². The molecule has 0 heterocycles. The molecule has 1 amide bonds. The molecule has 0 saturated heterocycles. The number of carbonyl (C=O) groups excluding carboxylic acids is 1. The molecular formula is C14H22FN3O. The summed E-state index contributed by atoms with van der Waals surface area (Å²) in [6, 6.07) is 3.84. The number of nitrogens with zero attached hydrogens (tertiary/aromatic N) is 1. The lowest BCUT2D eigenvalue weighted by atomic mass is 10.2. The van der Waals surface area contributed by atoms with Crippen LogP contribution in [-0.2, 0) is 4.79 Å². The van der Waals surface area contributed by atoms with Gasteiger partial charge in [-0.25, -0.2) is 4.39 Å². The minimum Gasteiger partial charge on any atom is -0.399 e. The summed E-state index contributed by atoms with van der Waals surface area (Å²) in [5.74, 6) is -0.701. The van der Waals surface area contributed by atoms with Crippen molar-refractivity contribution in [3.05, 3.63) is 24.0 Å². The van der Waals surface area contributed by atoms with Crippen LogP contribution in [0, 0.1) is 5.82 Å². The number of nitrogen functional groups attached to an aromatic ring is 1. The average molecular weight is 267 g/mol. The number of nitrogens with two attached hydrogens (primary N) is 1. The standard InChI is InChI=1S/C14H22FN3O/c1-4-8-18(5-2)10(3)14(19)17-13-9-11(16)6-7-12(13)15/h6-7,9-10H,4-5,8,16H2,1-3H3,(H,17,19). The smallest absolute Gasteiger partial charge is 0.241 e. The van der Waals surface area contributed by atoms with E-state index in [-0.39, 0.29) is 17.6 Å². The summed E-state index contributed by atoms with van der Waals surface area (Å²) in [6.07, 6.45) is 0.970. The number of nitrogens with one attached hydrogen (secondary N) is 1. The fourth-order valence-corrected chi connectivity index (χ4v) is 1.95. The molecule has 0 radical (unpaired) electrons. The molecule has 0 bridgehead atoms. The average Bonchev–Trinajstić information content (AvgIpc) is 2.39. The molecular weight excluding hydrogens is 245 g/mol. The van der Waals surface area contributed by atoms with Crippen LogP contribution in [0.1, 0.15) is 27.2 Å². The van der Waals surface area contributed by atoms with Gasteiger partial charge in [0.25, 0.3) is 0 Å². The lowest BCUT2D eigenvalue weighted by molar-refractivity contribution is -0.120. The Morgan fingerprint density at radius 1 is 1.47 bits per heavy atom. The van der Waals surface area contributed by atoms with Gasteiger partial charge in [0.1, 0.15) is 5.82 Å². The van der Waals surface area contributed by atoms with Crippen molar-refractivity contribution >= 4 is 17.3 Å². The molecule has 0 fully saturated rings. The minimum atomic E-state index is -0.478. The molecule has 1 atom stereocenters. The van der Waals surface area contributed by atoms with Crippen LogP contribution in [0.5, 0.6) is 0 Å². The van der Waals surface area contributed by atoms with Crippen molar-refractivity contribution in [1.29, 1.82) is 0 Å². The highest BCUT2D eigenvalue weighted by atomic mass is 19.1. The van der Waals surface area contributed by atoms with E-state index in [9.17, 15) is 9.18 Å². The van der Waals surface area contributed by atoms with Gasteiger partial charge in [-0.3, -0.25) is 9.69 Å². The number of hydrogen-bond donors (Lipinski definition) is 2. The third kappa shape index (κ3) is 4.21. The fourth-order valence-electron chi connectivity index (χ4n) is 1.95. The molecule has 1 aromatic carbocycles. The first-order valence-corrected chi connectivity index (χ1v) is 6.59. The summed E-state index contributed by atoms with van der Waals surface area (Å²) < 4.78 is 13.5. The van der Waals surface area contributed by atoms with E-state index in [4.69, 9.17) is 5.73 Å². The lowest BCUT2D eigenvalue weighted by Crippen LogP contribution is -2.42. The van der Waals surface area contributed by atoms with Gasteiger partial charge in [0.2, 0.25) is 5.91 Å². The van der Waals surface area contributed by atoms with Gasteiger partial charge in [0.15, 0.2) is 0 Å². The summed E-state index contributed by atoms with van der Waals surface area (Å²) in [4.78, 5) is 14.1. The van der Waals surface area contributed by atoms with E-state index < -0.39 is 5.82 Å². The molecule has 106 valence electrons. The molecule has 0 aromatic heterocycles. The number of likely N-dealkylation sites (N-methyl/N-ethyl adjacent to an activating group) is 1. The lowest BCUT2D eigenvalue weighted by Gasteiger charge is -2.26. The normalized spacial score (nSPS) is 12.5. The van der Waals surface area contributed by atoms with Crippen LogP contribution in [0.15, 0.2) is 18.2 Å². The summed E-state index contributed by atoms with van der Waals surface area (Å²) in [7, 11) is 0. The van der Waals surface area contributed by atoms with Gasteiger partial charge in [0, 0.05) is 5.69 Å². The summed E-state index contributed by atoms with van der Waals surface area (Å²) in [5.41, 5.74) is 6.14. The van der Waals surface area contributed by atoms with Crippen molar-refractivity contribution < 1.29 is 9.18 Å². The summed E-state index contributed by atoms with van der Waals surface area (Å²) in [6.45, 7) is 7.50. The van der Waals surface area contributed by atoms with Gasteiger partial charge in [-0.2, -0.15) is 0 Å². The van der Waals surface area contributed by atoms with Crippen LogP contribution in [0.4, 0.5) is 15.8 Å². The zero-order valence-electron chi connectivity index (χ0n) is 11.7. The summed E-state index contributed by atoms with van der Waals surface area (Å²) >= 11 is 0. The number of carbonyl (C=O) groups is 1. The number of halogens is 1. The first-order chi connectivity index (χ1) is 8.99. The van der Waals surface area contributed by atoms with Crippen LogP contribution in [0.25, 0.3) is 0 Å². The predicted molar refractivity (Wildman–Crippen MR) is 76.4 cm³/mol. The Morgan fingerprint density at radius 3 is 2.74 bits per heavy atom. The molecule has 0 spiro atoms. The Kier molecular flexibility index (Phi) is 5.76. The van der Waals surface area contributed by atoms with Gasteiger partial charge in [-0.15, -0.1) is 0 Å². The molecule has 1 unspecified atom stereocenters. The highest BCUT2D eigenvalue weighted by Gasteiger charge is 2.20. The van der Waals surface area contributed by atoms with E-state index in [0.717, 1.165) is 19.5 Å². The van der Waals surface area contributed by atoms with Crippen molar-refractivity contribution in [1.82, 2.24) is 4.90 Å². The van der Waals surface area contributed by atoms with E-state index in [2.05, 4.69) is 12.2 Å². The first-order valence-electron chi connectivity index (χ1n) is 6.59. The fraction of sp³-hybridized carbons (Fsp3) is 0.500. The Morgan fingerprint density at radius 2 is 2.16 bits per heavy atom. The van der Waals surface area contributed by atoms with Crippen LogP contribution >= 0.6 is 0 Å². The van der Waals surface area contributed by atoms with Gasteiger partial charge in [0.05, 0.1) is 11.7 Å². The topological polar surface area (TPSA) is 58.4 Å². The number of benzene rings is 1. The largest absolute Gasteiger partial charge is 0.399 e. The molecule has 19 heavy (non-hydrogen) atoms. The Bertz CT molecular complexity index is 437. The van der Waals surface area contributed by atoms with E-state index in [1.165, 1.54) is 18.2 Å². The maximum absolute atomic E-state index is 13.5. The van der Waals surface area contributed by atoms with Gasteiger partial charge >= 0.3 is 0 Å². The highest BCUT2D eigenvalue weighted by Crippen LogP contribution is 2.18. The molecule has 1 rings (SSSR count). The minimum absolute atomic E-state index is 0.129. The van der Waals surface area contributed by atoms with Crippen LogP contribution < -0.4 is 11.1 Å². The summed E-state index contributed by atoms with van der Waals surface area (Å²) in [5, 5.41) is 2.59. The van der Waals surface area contributed by atoms with Crippen molar-refractivity contribution in [3.8, 4) is 0 Å². The Balaban J connectivity index is 2.75. The molecule has 1 aromatic rings. The Hall–Kier alpha value is -1.62. The third-order valence-electron chi connectivity index (χ3n) is 3.09. The predicted octanol–water partition coefficient (Wildman–Crippen LogP) is 2.47. The van der Waals surface area contributed by atoms with E-state index >= 15 is 0 Å². The maximum Gasteiger partial charge on any atom is 0.241 e. The van der Waals surface area contributed by atoms with Gasteiger partial charge < -0.3 is 11.1 Å². The molecule has 0 saturated carbocycles. The van der Waals surface area contributed by atoms with Crippen LogP contribution in [0.3, 0.4) is 0 Å². The SMILES string of the molecule is CCCN(CC)C(C)C(=O)Nc1cc(N)ccc1F. The van der Waals surface area contributed by atoms with Crippen LogP contribution in [-0.4, -0.2) is 29.9 Å². The molecule has 3 N–H and O–H groups in total. The number of rotatable bonds is 6. The van der Waals surface area contributed by atoms with Crippen molar-refractivity contribution in [2.45, 2.75) is 33.2 Å². The molecule has 0 aliphatic heterocycles. The number of anilines is 2. The zero-order valence-corrected chi connectivity index (χ0v) is 11.7. The second-order valence-corrected chi connectivity index (χ2v) is 4.53. The number of hydrogen-bond acceptors (Lipinski definition) is 3. The molecule has 0 aliphatic rings. The van der Waals surface area contributed by atoms with E-state index in [0.29, 0.717) is 5.69 Å². The monoisotopic (exact) mass is 267 g/mol. The van der Waals surface area contributed by atoms with Gasteiger partial charge in [-0.05, 0) is 44.6 Å². The zero-order chi connectivity index (χ0) is 14.4. The highest BCUT2D eigenvalue weighted by molar-refractivity contribution is 5.95. The van der Waals surface area contributed by atoms with Crippen molar-refractivity contribution in [2.75, 3.05) is 24.1 Å². The number of amides is 1.